The summed E-state index contributed by atoms with van der Waals surface area (Å²) in [5.41, 5.74) is 6.89. The molecule has 0 bridgehead atoms. The summed E-state index contributed by atoms with van der Waals surface area (Å²) in [5.74, 6) is -0.558. The summed E-state index contributed by atoms with van der Waals surface area (Å²) in [6.07, 6.45) is 3.21. The highest BCUT2D eigenvalue weighted by Crippen LogP contribution is 2.17. The van der Waals surface area contributed by atoms with Gasteiger partial charge in [-0.05, 0) is 37.5 Å². The number of nitrogens with two attached hydrogens (primary N) is 1. The molecule has 0 aliphatic carbocycles. The number of carbonyl (C=O) groups is 2. The summed E-state index contributed by atoms with van der Waals surface area (Å²) >= 11 is 0. The zero-order valence-corrected chi connectivity index (χ0v) is 11.0. The lowest BCUT2D eigenvalue weighted by Crippen LogP contribution is -2.35. The van der Waals surface area contributed by atoms with Gasteiger partial charge in [-0.15, -0.1) is 0 Å². The second-order valence-electron chi connectivity index (χ2n) is 4.69. The van der Waals surface area contributed by atoms with E-state index in [0.717, 1.165) is 32.4 Å². The maximum atomic E-state index is 12.3. The lowest BCUT2D eigenvalue weighted by molar-refractivity contribution is 0.0600. The Morgan fingerprint density at radius 3 is 2.37 bits per heavy atom. The van der Waals surface area contributed by atoms with Crippen LogP contribution < -0.4 is 5.73 Å². The van der Waals surface area contributed by atoms with Crippen LogP contribution in [-0.2, 0) is 4.74 Å². The Balaban J connectivity index is 2.25. The normalized spacial score (nSPS) is 15.1. The largest absolute Gasteiger partial charge is 0.465 e. The number of nitrogen functional groups attached to an aromatic ring is 1. The molecule has 0 radical (unpaired) electrons. The Morgan fingerprint density at radius 1 is 1.11 bits per heavy atom. The molecule has 1 aromatic rings. The topological polar surface area (TPSA) is 72.6 Å². The first kappa shape index (κ1) is 13.4. The minimum atomic E-state index is -0.486. The van der Waals surface area contributed by atoms with Crippen molar-refractivity contribution in [3.8, 4) is 0 Å². The van der Waals surface area contributed by atoms with Crippen molar-refractivity contribution >= 4 is 17.6 Å². The average molecular weight is 262 g/mol. The van der Waals surface area contributed by atoms with Crippen molar-refractivity contribution in [3.05, 3.63) is 29.3 Å². The Labute approximate surface area is 112 Å². The molecular formula is C14H18N2O3. The third kappa shape index (κ3) is 3.05. The number of anilines is 1. The maximum Gasteiger partial charge on any atom is 0.337 e. The van der Waals surface area contributed by atoms with Crippen LogP contribution in [0.1, 0.15) is 40.0 Å². The summed E-state index contributed by atoms with van der Waals surface area (Å²) in [4.78, 5) is 25.7. The number of piperidine rings is 1. The number of amides is 1. The first-order valence-electron chi connectivity index (χ1n) is 6.40. The predicted molar refractivity (Wildman–Crippen MR) is 71.9 cm³/mol. The first-order chi connectivity index (χ1) is 9.11. The van der Waals surface area contributed by atoms with Crippen LogP contribution in [0.25, 0.3) is 0 Å². The van der Waals surface area contributed by atoms with Crippen LogP contribution in [0.5, 0.6) is 0 Å². The highest BCUT2D eigenvalue weighted by Gasteiger charge is 2.20. The molecule has 0 unspecified atom stereocenters. The molecule has 19 heavy (non-hydrogen) atoms. The van der Waals surface area contributed by atoms with Gasteiger partial charge in [0.1, 0.15) is 0 Å². The average Bonchev–Trinajstić information content (AvgIpc) is 2.45. The molecule has 2 N–H and O–H groups in total. The van der Waals surface area contributed by atoms with Crippen LogP contribution >= 0.6 is 0 Å². The number of ether oxygens (including phenoxy) is 1. The Hall–Kier alpha value is -2.04. The number of hydrogen-bond acceptors (Lipinski definition) is 4. The molecule has 1 saturated heterocycles. The number of benzene rings is 1. The van der Waals surface area contributed by atoms with Gasteiger partial charge in [0.15, 0.2) is 0 Å². The third-order valence-electron chi connectivity index (χ3n) is 3.27. The van der Waals surface area contributed by atoms with Crippen LogP contribution in [0.3, 0.4) is 0 Å². The fraction of sp³-hybridized carbons (Fsp3) is 0.429. The van der Waals surface area contributed by atoms with E-state index < -0.39 is 5.97 Å². The molecule has 1 heterocycles. The van der Waals surface area contributed by atoms with Crippen LogP contribution in [0, 0.1) is 0 Å². The van der Waals surface area contributed by atoms with E-state index in [1.807, 2.05) is 0 Å². The molecule has 1 fully saturated rings. The van der Waals surface area contributed by atoms with Gasteiger partial charge in [0.05, 0.1) is 12.7 Å². The molecule has 5 nitrogen and oxygen atoms in total. The summed E-state index contributed by atoms with van der Waals surface area (Å²) in [6, 6.07) is 4.65. The Kier molecular flexibility index (Phi) is 4.04. The van der Waals surface area contributed by atoms with Crippen LogP contribution in [0.15, 0.2) is 18.2 Å². The molecule has 0 aromatic heterocycles. The molecule has 1 aromatic carbocycles. The van der Waals surface area contributed by atoms with Crippen molar-refractivity contribution in [2.75, 3.05) is 25.9 Å². The molecular weight excluding hydrogens is 244 g/mol. The third-order valence-corrected chi connectivity index (χ3v) is 3.27. The number of rotatable bonds is 2. The van der Waals surface area contributed by atoms with E-state index >= 15 is 0 Å². The van der Waals surface area contributed by atoms with Crippen molar-refractivity contribution in [2.45, 2.75) is 19.3 Å². The fourth-order valence-corrected chi connectivity index (χ4v) is 2.29. The van der Waals surface area contributed by atoms with E-state index in [9.17, 15) is 9.59 Å². The summed E-state index contributed by atoms with van der Waals surface area (Å²) < 4.78 is 4.65. The van der Waals surface area contributed by atoms with Gasteiger partial charge < -0.3 is 15.4 Å². The van der Waals surface area contributed by atoms with Gasteiger partial charge in [-0.2, -0.15) is 0 Å². The lowest BCUT2D eigenvalue weighted by Gasteiger charge is -2.26. The van der Waals surface area contributed by atoms with Gasteiger partial charge >= 0.3 is 5.97 Å². The first-order valence-corrected chi connectivity index (χ1v) is 6.40. The zero-order chi connectivity index (χ0) is 13.8. The van der Waals surface area contributed by atoms with E-state index in [1.54, 1.807) is 17.0 Å². The molecule has 1 amide bonds. The fourth-order valence-electron chi connectivity index (χ4n) is 2.29. The molecule has 0 spiro atoms. The van der Waals surface area contributed by atoms with Gasteiger partial charge in [-0.25, -0.2) is 4.79 Å². The molecule has 1 aliphatic heterocycles. The Morgan fingerprint density at radius 2 is 1.74 bits per heavy atom. The quantitative estimate of drug-likeness (QED) is 0.650. The SMILES string of the molecule is COC(=O)c1cc(N)cc(C(=O)N2CCCCC2)c1. The smallest absolute Gasteiger partial charge is 0.337 e. The van der Waals surface area contributed by atoms with E-state index in [0.29, 0.717) is 16.8 Å². The molecule has 1 aliphatic rings. The lowest BCUT2D eigenvalue weighted by atomic mass is 10.1. The number of esters is 1. The van der Waals surface area contributed by atoms with Gasteiger partial charge in [-0.3, -0.25) is 4.79 Å². The van der Waals surface area contributed by atoms with E-state index in [-0.39, 0.29) is 5.91 Å². The van der Waals surface area contributed by atoms with Gasteiger partial charge in [0.2, 0.25) is 0 Å². The monoisotopic (exact) mass is 262 g/mol. The molecule has 0 atom stereocenters. The summed E-state index contributed by atoms with van der Waals surface area (Å²) in [6.45, 7) is 1.53. The van der Waals surface area contributed by atoms with E-state index in [4.69, 9.17) is 5.73 Å². The van der Waals surface area contributed by atoms with Gasteiger partial charge in [0.25, 0.3) is 5.91 Å². The number of likely N-dealkylation sites (tertiary alicyclic amines) is 1. The van der Waals surface area contributed by atoms with Crippen molar-refractivity contribution in [2.24, 2.45) is 0 Å². The number of carbonyl (C=O) groups excluding carboxylic acids is 2. The van der Waals surface area contributed by atoms with E-state index in [1.165, 1.54) is 13.2 Å². The maximum absolute atomic E-state index is 12.3. The second kappa shape index (κ2) is 5.73. The predicted octanol–water partition coefficient (Wildman–Crippen LogP) is 1.68. The van der Waals surface area contributed by atoms with Gasteiger partial charge in [-0.1, -0.05) is 0 Å². The molecule has 102 valence electrons. The molecule has 2 rings (SSSR count). The standard InChI is InChI=1S/C14H18N2O3/c1-19-14(18)11-7-10(8-12(15)9-11)13(17)16-5-3-2-4-6-16/h7-9H,2-6,15H2,1H3. The summed E-state index contributed by atoms with van der Waals surface area (Å²) in [7, 11) is 1.30. The van der Waals surface area contributed by atoms with E-state index in [2.05, 4.69) is 4.74 Å². The van der Waals surface area contributed by atoms with Crippen molar-refractivity contribution < 1.29 is 14.3 Å². The Bertz CT molecular complexity index is 493. The highest BCUT2D eigenvalue weighted by molar-refractivity contribution is 5.99. The number of methoxy groups -OCH3 is 1. The number of nitrogens with zero attached hydrogens (tertiary/aromatic N) is 1. The van der Waals surface area contributed by atoms with Gasteiger partial charge in [0, 0.05) is 24.3 Å². The zero-order valence-electron chi connectivity index (χ0n) is 11.0. The van der Waals surface area contributed by atoms with Crippen LogP contribution in [0.4, 0.5) is 5.69 Å². The summed E-state index contributed by atoms with van der Waals surface area (Å²) in [5, 5.41) is 0. The van der Waals surface area contributed by atoms with Crippen molar-refractivity contribution in [3.63, 3.8) is 0 Å². The molecule has 0 saturated carbocycles. The minimum Gasteiger partial charge on any atom is -0.465 e. The van der Waals surface area contributed by atoms with Crippen LogP contribution in [-0.4, -0.2) is 37.0 Å². The van der Waals surface area contributed by atoms with Crippen molar-refractivity contribution in [1.29, 1.82) is 0 Å². The second-order valence-corrected chi connectivity index (χ2v) is 4.69. The van der Waals surface area contributed by atoms with Crippen molar-refractivity contribution in [1.82, 2.24) is 4.90 Å². The molecule has 5 heteroatoms. The minimum absolute atomic E-state index is 0.0721. The number of hydrogen-bond donors (Lipinski definition) is 1. The highest BCUT2D eigenvalue weighted by atomic mass is 16.5. The van der Waals surface area contributed by atoms with Crippen LogP contribution in [0.2, 0.25) is 0 Å².